The van der Waals surface area contributed by atoms with Crippen LogP contribution in [0.4, 0.5) is 0 Å². The summed E-state index contributed by atoms with van der Waals surface area (Å²) in [5, 5.41) is 10.2. The summed E-state index contributed by atoms with van der Waals surface area (Å²) in [5.41, 5.74) is 0.793. The minimum atomic E-state index is 0. The average molecular weight is 200 g/mol. The quantitative estimate of drug-likeness (QED) is 0.558. The number of pyridine rings is 1. The molecule has 0 aliphatic rings. The Morgan fingerprint density at radius 3 is 2.71 bits per heavy atom. The van der Waals surface area contributed by atoms with E-state index in [-0.39, 0.29) is 23.1 Å². The Kier molecular flexibility index (Phi) is 3.24. The number of aldehydes is 1. The van der Waals surface area contributed by atoms with Gasteiger partial charge in [0.15, 0.2) is 6.29 Å². The molecular weight excluding hydrogens is 193 g/mol. The van der Waals surface area contributed by atoms with Crippen molar-refractivity contribution in [2.24, 2.45) is 0 Å². The number of carbonyl (C=O) groups is 1. The molecule has 14 heavy (non-hydrogen) atoms. The maximum Gasteiger partial charge on any atom is 0.168 e. The Hall–Kier alpha value is -1.37. The molecule has 2 rings (SSSR count). The highest BCUT2D eigenvalue weighted by atomic mass is 27.0. The molecule has 0 amide bonds. The molecule has 0 bridgehead atoms. The third kappa shape index (κ3) is 1.77. The van der Waals surface area contributed by atoms with Crippen LogP contribution in [0.15, 0.2) is 30.3 Å². The van der Waals surface area contributed by atoms with E-state index >= 15 is 0 Å². The van der Waals surface area contributed by atoms with Crippen LogP contribution in [0.3, 0.4) is 0 Å². The molecule has 1 N–H and O–H groups in total. The van der Waals surface area contributed by atoms with Crippen molar-refractivity contribution in [2.75, 3.05) is 0 Å². The maximum absolute atomic E-state index is 10.4. The summed E-state index contributed by atoms with van der Waals surface area (Å²) in [6.45, 7) is 0. The van der Waals surface area contributed by atoms with Crippen LogP contribution in [0.1, 0.15) is 10.5 Å². The first-order valence-corrected chi connectivity index (χ1v) is 3.85. The predicted molar refractivity (Wildman–Crippen MR) is 54.5 cm³/mol. The number of phenols is 1. The molecule has 0 saturated carbocycles. The first-order valence-electron chi connectivity index (χ1n) is 3.85. The summed E-state index contributed by atoms with van der Waals surface area (Å²) in [5.74, 6) is 0.0983. The monoisotopic (exact) mass is 200 g/mol. The van der Waals surface area contributed by atoms with Crippen LogP contribution >= 0.6 is 0 Å². The number of para-hydroxylation sites is 1. The fraction of sp³-hybridized carbons (Fsp3) is 0. The Bertz CT molecular complexity index is 471. The van der Waals surface area contributed by atoms with E-state index in [1.165, 1.54) is 0 Å². The van der Waals surface area contributed by atoms with Gasteiger partial charge in [0.05, 0.1) is 0 Å². The van der Waals surface area contributed by atoms with Gasteiger partial charge in [-0.15, -0.1) is 0 Å². The largest absolute Gasteiger partial charge is 0.506 e. The second-order valence-corrected chi connectivity index (χ2v) is 2.70. The van der Waals surface area contributed by atoms with E-state index < -0.39 is 0 Å². The number of aromatic hydroxyl groups is 1. The lowest BCUT2D eigenvalue weighted by Gasteiger charge is -1.99. The highest BCUT2D eigenvalue weighted by molar-refractivity contribution is 5.87. The van der Waals surface area contributed by atoms with Crippen molar-refractivity contribution in [1.29, 1.82) is 0 Å². The van der Waals surface area contributed by atoms with Crippen molar-refractivity contribution in [1.82, 2.24) is 4.98 Å². The molecule has 3 nitrogen and oxygen atoms in total. The highest BCUT2D eigenvalue weighted by Crippen LogP contribution is 2.21. The van der Waals surface area contributed by atoms with Crippen molar-refractivity contribution >= 4 is 34.6 Å². The third-order valence-electron chi connectivity index (χ3n) is 1.84. The normalized spacial score (nSPS) is 9.43. The molecule has 0 unspecified atom stereocenters. The molecule has 0 aliphatic carbocycles. The number of aromatic nitrogens is 1. The number of phenolic OH excluding ortho intramolecular Hbond substituents is 1. The minimum Gasteiger partial charge on any atom is -0.506 e. The number of carbonyl (C=O) groups excluding carboxylic acids is 1. The second kappa shape index (κ2) is 4.23. The van der Waals surface area contributed by atoms with Gasteiger partial charge in [0.1, 0.15) is 17.0 Å². The van der Waals surface area contributed by atoms with Gasteiger partial charge in [0, 0.05) is 22.7 Å². The van der Waals surface area contributed by atoms with Gasteiger partial charge < -0.3 is 5.11 Å². The zero-order chi connectivity index (χ0) is 9.26. The fourth-order valence-electron chi connectivity index (χ4n) is 1.21. The number of nitrogens with zero attached hydrogens (tertiary/aromatic N) is 1. The lowest BCUT2D eigenvalue weighted by molar-refractivity contribution is 0.111. The Labute approximate surface area is 91.5 Å². The van der Waals surface area contributed by atoms with Gasteiger partial charge in [-0.3, -0.25) is 4.79 Å². The minimum absolute atomic E-state index is 0. The van der Waals surface area contributed by atoms with Gasteiger partial charge in [0.2, 0.25) is 0 Å². The number of benzene rings is 1. The molecule has 0 atom stereocenters. The molecule has 4 heteroatoms. The van der Waals surface area contributed by atoms with Crippen LogP contribution in [0.5, 0.6) is 5.75 Å². The van der Waals surface area contributed by atoms with E-state index in [1.54, 1.807) is 24.3 Å². The molecule has 0 fully saturated rings. The second-order valence-electron chi connectivity index (χ2n) is 2.70. The van der Waals surface area contributed by atoms with Crippen LogP contribution in [0, 0.1) is 0 Å². The molecule has 2 aromatic rings. The first-order chi connectivity index (χ1) is 6.31. The summed E-state index contributed by atoms with van der Waals surface area (Å²) in [7, 11) is 0. The lowest BCUT2D eigenvalue weighted by atomic mass is 10.2. The zero-order valence-corrected chi connectivity index (χ0v) is 8.50. The Morgan fingerprint density at radius 2 is 2.00 bits per heavy atom. The van der Waals surface area contributed by atoms with E-state index in [1.807, 2.05) is 6.07 Å². The van der Waals surface area contributed by atoms with Gasteiger partial charge in [0.25, 0.3) is 0 Å². The van der Waals surface area contributed by atoms with Crippen molar-refractivity contribution < 1.29 is 9.90 Å². The van der Waals surface area contributed by atoms with Crippen molar-refractivity contribution in [2.45, 2.75) is 0 Å². The zero-order valence-electron chi connectivity index (χ0n) is 7.34. The SMILES string of the molecule is O=Cc1ccc2cccc(O)c2n1.[Al]. The molecule has 0 aliphatic heterocycles. The van der Waals surface area contributed by atoms with Gasteiger partial charge in [-0.2, -0.15) is 0 Å². The Morgan fingerprint density at radius 1 is 1.21 bits per heavy atom. The van der Waals surface area contributed by atoms with Gasteiger partial charge in [-0.05, 0) is 12.1 Å². The molecule has 0 saturated heterocycles. The summed E-state index contributed by atoms with van der Waals surface area (Å²) in [6.07, 6.45) is 0.659. The summed E-state index contributed by atoms with van der Waals surface area (Å²) < 4.78 is 0. The summed E-state index contributed by atoms with van der Waals surface area (Å²) >= 11 is 0. The van der Waals surface area contributed by atoms with Gasteiger partial charge >= 0.3 is 0 Å². The van der Waals surface area contributed by atoms with E-state index in [9.17, 15) is 9.90 Å². The molecule has 1 heterocycles. The van der Waals surface area contributed by atoms with Crippen molar-refractivity contribution in [3.05, 3.63) is 36.0 Å². The standard InChI is InChI=1S/C10H7NO2.Al/c12-6-8-5-4-7-2-1-3-9(13)10(7)11-8;/h1-6,13H;. The van der Waals surface area contributed by atoms with Crippen molar-refractivity contribution in [3.8, 4) is 5.75 Å². The topological polar surface area (TPSA) is 50.2 Å². The number of rotatable bonds is 1. The lowest BCUT2D eigenvalue weighted by Crippen LogP contribution is -1.87. The number of hydrogen-bond donors (Lipinski definition) is 1. The summed E-state index contributed by atoms with van der Waals surface area (Å²) in [4.78, 5) is 14.4. The maximum atomic E-state index is 10.4. The highest BCUT2D eigenvalue weighted by Gasteiger charge is 2.00. The molecule has 0 spiro atoms. The summed E-state index contributed by atoms with van der Waals surface area (Å²) in [6, 6.07) is 8.49. The van der Waals surface area contributed by atoms with E-state index in [4.69, 9.17) is 0 Å². The molecule has 1 aromatic heterocycles. The average Bonchev–Trinajstić information content (AvgIpc) is 2.18. The number of fused-ring (bicyclic) bond motifs is 1. The van der Waals surface area contributed by atoms with E-state index in [0.717, 1.165) is 5.39 Å². The van der Waals surface area contributed by atoms with Gasteiger partial charge in [-0.25, -0.2) is 4.98 Å². The first kappa shape index (κ1) is 10.7. The van der Waals surface area contributed by atoms with Crippen LogP contribution in [-0.4, -0.2) is 33.7 Å². The van der Waals surface area contributed by atoms with Gasteiger partial charge in [-0.1, -0.05) is 18.2 Å². The smallest absolute Gasteiger partial charge is 0.168 e. The van der Waals surface area contributed by atoms with E-state index in [2.05, 4.69) is 4.98 Å². The molecule has 67 valence electrons. The molecule has 3 radical (unpaired) electrons. The fourth-order valence-corrected chi connectivity index (χ4v) is 1.21. The third-order valence-corrected chi connectivity index (χ3v) is 1.84. The molecular formula is C10H7AlNO2. The van der Waals surface area contributed by atoms with Crippen LogP contribution in [0.25, 0.3) is 10.9 Å². The van der Waals surface area contributed by atoms with Crippen molar-refractivity contribution in [3.63, 3.8) is 0 Å². The predicted octanol–water partition coefficient (Wildman–Crippen LogP) is 1.37. The van der Waals surface area contributed by atoms with Crippen LogP contribution in [-0.2, 0) is 0 Å². The number of hydrogen-bond acceptors (Lipinski definition) is 3. The molecule has 1 aromatic carbocycles. The van der Waals surface area contributed by atoms with Crippen LogP contribution < -0.4 is 0 Å². The van der Waals surface area contributed by atoms with Crippen LogP contribution in [0.2, 0.25) is 0 Å². The van der Waals surface area contributed by atoms with E-state index in [0.29, 0.717) is 17.5 Å². The Balaban J connectivity index is 0.000000980.